The van der Waals surface area contributed by atoms with E-state index < -0.39 is 0 Å². The van der Waals surface area contributed by atoms with Crippen molar-refractivity contribution in [3.05, 3.63) is 17.0 Å². The molecule has 0 aliphatic carbocycles. The number of aryl methyl sites for hydroxylation is 1. The minimum Gasteiger partial charge on any atom is -0.361 e. The molecule has 0 aromatic carbocycles. The van der Waals surface area contributed by atoms with Gasteiger partial charge in [0, 0.05) is 18.7 Å². The molecule has 1 saturated heterocycles. The second-order valence-corrected chi connectivity index (χ2v) is 4.07. The highest BCUT2D eigenvalue weighted by atomic mass is 16.5. The molecule has 1 amide bonds. The molecule has 0 spiro atoms. The van der Waals surface area contributed by atoms with E-state index >= 15 is 0 Å². The van der Waals surface area contributed by atoms with Gasteiger partial charge in [0.1, 0.15) is 5.76 Å². The highest BCUT2D eigenvalue weighted by Gasteiger charge is 2.23. The van der Waals surface area contributed by atoms with Gasteiger partial charge in [-0.3, -0.25) is 4.79 Å². The summed E-state index contributed by atoms with van der Waals surface area (Å²) in [5, 5.41) is 3.82. The molecule has 2 rings (SSSR count). The van der Waals surface area contributed by atoms with Crippen molar-refractivity contribution in [2.24, 2.45) is 0 Å². The molecule has 0 saturated carbocycles. The highest BCUT2D eigenvalue weighted by molar-refractivity contribution is 5.93. The van der Waals surface area contributed by atoms with Crippen molar-refractivity contribution in [3.8, 4) is 0 Å². The van der Waals surface area contributed by atoms with Crippen molar-refractivity contribution >= 4 is 5.91 Å². The van der Waals surface area contributed by atoms with Crippen LogP contribution in [0.2, 0.25) is 0 Å². The summed E-state index contributed by atoms with van der Waals surface area (Å²) < 4.78 is 5.01. The Balaban J connectivity index is 2.16. The molecule has 0 atom stereocenters. The first-order chi connectivity index (χ1) is 7.20. The number of hydrogen-bond acceptors (Lipinski definition) is 3. The molecule has 0 bridgehead atoms. The van der Waals surface area contributed by atoms with Gasteiger partial charge in [-0.15, -0.1) is 0 Å². The lowest BCUT2D eigenvalue weighted by atomic mass is 10.1. The minimum absolute atomic E-state index is 0.0176. The van der Waals surface area contributed by atoms with Crippen LogP contribution in [-0.2, 0) is 0 Å². The van der Waals surface area contributed by atoms with Gasteiger partial charge in [-0.25, -0.2) is 0 Å². The molecule has 1 aliphatic heterocycles. The average Bonchev–Trinajstić information content (AvgIpc) is 2.60. The van der Waals surface area contributed by atoms with Gasteiger partial charge < -0.3 is 9.42 Å². The molecular weight excluding hydrogens is 192 g/mol. The zero-order valence-corrected chi connectivity index (χ0v) is 9.25. The predicted molar refractivity (Wildman–Crippen MR) is 55.7 cm³/mol. The lowest BCUT2D eigenvalue weighted by molar-refractivity contribution is 0.0713. The van der Waals surface area contributed by atoms with Gasteiger partial charge in [0.15, 0.2) is 5.69 Å². The van der Waals surface area contributed by atoms with Crippen LogP contribution in [0.25, 0.3) is 0 Å². The van der Waals surface area contributed by atoms with Crippen molar-refractivity contribution in [1.82, 2.24) is 10.1 Å². The number of hydrogen-bond donors (Lipinski definition) is 0. The number of aromatic nitrogens is 1. The number of amides is 1. The lowest BCUT2D eigenvalue weighted by Crippen LogP contribution is -2.36. The second kappa shape index (κ2) is 4.04. The van der Waals surface area contributed by atoms with E-state index in [0.29, 0.717) is 5.69 Å². The van der Waals surface area contributed by atoms with Crippen molar-refractivity contribution in [2.75, 3.05) is 13.1 Å². The summed E-state index contributed by atoms with van der Waals surface area (Å²) in [4.78, 5) is 13.9. The Morgan fingerprint density at radius 3 is 2.47 bits per heavy atom. The van der Waals surface area contributed by atoms with E-state index in [2.05, 4.69) is 5.16 Å². The normalized spacial score (nSPS) is 16.8. The van der Waals surface area contributed by atoms with E-state index in [9.17, 15) is 4.79 Å². The van der Waals surface area contributed by atoms with Crippen molar-refractivity contribution in [2.45, 2.75) is 33.1 Å². The van der Waals surface area contributed by atoms with E-state index in [1.165, 1.54) is 6.42 Å². The van der Waals surface area contributed by atoms with Gasteiger partial charge in [-0.2, -0.15) is 0 Å². The molecule has 15 heavy (non-hydrogen) atoms. The third kappa shape index (κ3) is 1.89. The molecule has 0 radical (unpaired) electrons. The highest BCUT2D eigenvalue weighted by Crippen LogP contribution is 2.16. The maximum Gasteiger partial charge on any atom is 0.276 e. The number of nitrogens with zero attached hydrogens (tertiary/aromatic N) is 2. The third-order valence-electron chi connectivity index (χ3n) is 3.00. The van der Waals surface area contributed by atoms with Gasteiger partial charge >= 0.3 is 0 Å². The summed E-state index contributed by atoms with van der Waals surface area (Å²) in [5.74, 6) is 0.749. The average molecular weight is 208 g/mol. The fraction of sp³-hybridized carbons (Fsp3) is 0.636. The van der Waals surface area contributed by atoms with Crippen molar-refractivity contribution in [3.63, 3.8) is 0 Å². The summed E-state index contributed by atoms with van der Waals surface area (Å²) in [6.07, 6.45) is 3.42. The number of carbonyl (C=O) groups excluding carboxylic acids is 1. The molecule has 4 nitrogen and oxygen atoms in total. The van der Waals surface area contributed by atoms with Crippen LogP contribution in [0.4, 0.5) is 0 Å². The summed E-state index contributed by atoms with van der Waals surface area (Å²) in [6, 6.07) is 0. The smallest absolute Gasteiger partial charge is 0.276 e. The van der Waals surface area contributed by atoms with E-state index in [0.717, 1.165) is 37.3 Å². The topological polar surface area (TPSA) is 46.3 Å². The molecule has 1 aromatic rings. The fourth-order valence-electron chi connectivity index (χ4n) is 1.86. The number of rotatable bonds is 1. The standard InChI is InChI=1S/C11H16N2O2/c1-8-9(2)15-12-10(8)11(14)13-6-4-3-5-7-13/h3-7H2,1-2H3. The second-order valence-electron chi connectivity index (χ2n) is 4.07. The monoisotopic (exact) mass is 208 g/mol. The van der Waals surface area contributed by atoms with Crippen molar-refractivity contribution < 1.29 is 9.32 Å². The summed E-state index contributed by atoms with van der Waals surface area (Å²) in [6.45, 7) is 5.41. The van der Waals surface area contributed by atoms with E-state index in [1.54, 1.807) is 0 Å². The van der Waals surface area contributed by atoms with E-state index in [4.69, 9.17) is 4.52 Å². The van der Waals surface area contributed by atoms with Crippen LogP contribution in [0.15, 0.2) is 4.52 Å². The van der Waals surface area contributed by atoms with Crippen LogP contribution >= 0.6 is 0 Å². The van der Waals surface area contributed by atoms with Crippen LogP contribution < -0.4 is 0 Å². The van der Waals surface area contributed by atoms with Gasteiger partial charge in [0.25, 0.3) is 5.91 Å². The van der Waals surface area contributed by atoms with E-state index in [1.807, 2.05) is 18.7 Å². The fourth-order valence-corrected chi connectivity index (χ4v) is 1.86. The molecule has 1 aromatic heterocycles. The van der Waals surface area contributed by atoms with Crippen LogP contribution in [0, 0.1) is 13.8 Å². The van der Waals surface area contributed by atoms with Gasteiger partial charge in [-0.1, -0.05) is 5.16 Å². The summed E-state index contributed by atoms with van der Waals surface area (Å²) in [5.41, 5.74) is 1.35. The lowest BCUT2D eigenvalue weighted by Gasteiger charge is -2.25. The Morgan fingerprint density at radius 2 is 1.93 bits per heavy atom. The van der Waals surface area contributed by atoms with E-state index in [-0.39, 0.29) is 5.91 Å². The Morgan fingerprint density at radius 1 is 1.27 bits per heavy atom. The molecule has 4 heteroatoms. The Bertz CT molecular complexity index is 365. The first-order valence-corrected chi connectivity index (χ1v) is 5.42. The van der Waals surface area contributed by atoms with Gasteiger partial charge in [-0.05, 0) is 33.1 Å². The SMILES string of the molecule is Cc1onc(C(=O)N2CCCCC2)c1C. The zero-order chi connectivity index (χ0) is 10.8. The summed E-state index contributed by atoms with van der Waals surface area (Å²) in [7, 11) is 0. The first-order valence-electron chi connectivity index (χ1n) is 5.42. The molecular formula is C11H16N2O2. The molecule has 0 unspecified atom stereocenters. The molecule has 82 valence electrons. The first kappa shape index (κ1) is 10.2. The third-order valence-corrected chi connectivity index (χ3v) is 3.00. The van der Waals surface area contributed by atoms with Crippen LogP contribution in [-0.4, -0.2) is 29.1 Å². The number of carbonyl (C=O) groups is 1. The van der Waals surface area contributed by atoms with Crippen LogP contribution in [0.5, 0.6) is 0 Å². The quantitative estimate of drug-likeness (QED) is 0.708. The minimum atomic E-state index is 0.0176. The summed E-state index contributed by atoms with van der Waals surface area (Å²) >= 11 is 0. The van der Waals surface area contributed by atoms with Crippen LogP contribution in [0.1, 0.15) is 41.1 Å². The molecule has 1 aliphatic rings. The maximum atomic E-state index is 12.0. The largest absolute Gasteiger partial charge is 0.361 e. The Labute approximate surface area is 89.2 Å². The molecule has 1 fully saturated rings. The van der Waals surface area contributed by atoms with Crippen molar-refractivity contribution in [1.29, 1.82) is 0 Å². The molecule has 0 N–H and O–H groups in total. The zero-order valence-electron chi connectivity index (χ0n) is 9.25. The number of likely N-dealkylation sites (tertiary alicyclic amines) is 1. The Kier molecular flexibility index (Phi) is 2.75. The van der Waals surface area contributed by atoms with Gasteiger partial charge in [0.05, 0.1) is 0 Å². The Hall–Kier alpha value is -1.32. The van der Waals surface area contributed by atoms with Gasteiger partial charge in [0.2, 0.25) is 0 Å². The molecule has 2 heterocycles. The van der Waals surface area contributed by atoms with Crippen LogP contribution in [0.3, 0.4) is 0 Å². The maximum absolute atomic E-state index is 12.0. The predicted octanol–water partition coefficient (Wildman–Crippen LogP) is 1.92. The number of piperidine rings is 1.